The minimum Gasteiger partial charge on any atom is -0.394 e. The third-order valence-corrected chi connectivity index (χ3v) is 11.1. The molecule has 23 heteroatoms. The van der Waals surface area contributed by atoms with E-state index in [1.54, 1.807) is 54.7 Å². The number of hydrogen-bond acceptors (Lipinski definition) is 18. The van der Waals surface area contributed by atoms with E-state index in [0.29, 0.717) is 45.6 Å². The van der Waals surface area contributed by atoms with Gasteiger partial charge in [0.25, 0.3) is 16.0 Å². The summed E-state index contributed by atoms with van der Waals surface area (Å²) in [4.78, 5) is 27.6. The van der Waals surface area contributed by atoms with Gasteiger partial charge in [-0.05, 0) is 60.7 Å². The number of carbonyl (C=O) groups is 2. The molecule has 0 radical (unpaired) electrons. The Balaban J connectivity index is 0.930. The Bertz CT molecular complexity index is 2510. The van der Waals surface area contributed by atoms with E-state index in [0.717, 1.165) is 5.69 Å². The molecule has 0 spiro atoms. The third kappa shape index (κ3) is 13.8. The van der Waals surface area contributed by atoms with Crippen LogP contribution in [-0.2, 0) is 46.9 Å². The lowest BCUT2D eigenvalue weighted by molar-refractivity contribution is -0.337. The summed E-state index contributed by atoms with van der Waals surface area (Å²) < 4.78 is 57.5. The summed E-state index contributed by atoms with van der Waals surface area (Å²) >= 11 is 0. The van der Waals surface area contributed by atoms with Crippen molar-refractivity contribution in [3.8, 4) is 0 Å². The molecule has 22 nitrogen and oxygen atoms in total. The van der Waals surface area contributed by atoms with Crippen LogP contribution in [0.5, 0.6) is 0 Å². The van der Waals surface area contributed by atoms with Gasteiger partial charge in [0.1, 0.15) is 35.0 Å². The maximum atomic E-state index is 13.0. The second kappa shape index (κ2) is 23.5. The number of hydrogen-bond donors (Lipinski definition) is 8. The standard InChI is InChI=1S/C43H53N9O13S/c1-51(2)31-15-13-29(14-16-31)48-47-28-11-9-27(10-12-28)42(58)46-24-30-25-52(50-49-30)19-20-62-21-22-63-38(65-43-41(57)40(56)39(55)35(26-53)64-43)23-37(54)45-18-17-44-34-7-3-6-33-32(34)5-4-8-36(33)66(59,60)61/h3-16,25,35,38-41,43-44,53,55-57H,17-24,26H2,1-2H3,(H,45,54)(H,46,58)(H,59,60,61)/b48-47+/t35-,38?,39-,40+,41-,43+/m1/s1. The number of aromatic nitrogens is 3. The van der Waals surface area contributed by atoms with Crippen molar-refractivity contribution < 1.29 is 61.9 Å². The number of carbonyl (C=O) groups excluding carboxylic acids is 2. The Hall–Kier alpha value is -5.99. The van der Waals surface area contributed by atoms with Crippen molar-refractivity contribution in [1.82, 2.24) is 25.6 Å². The van der Waals surface area contributed by atoms with Crippen LogP contribution in [0.1, 0.15) is 22.5 Å². The summed E-state index contributed by atoms with van der Waals surface area (Å²) in [5, 5.41) is 66.8. The zero-order valence-electron chi connectivity index (χ0n) is 36.1. The maximum Gasteiger partial charge on any atom is 0.295 e. The van der Waals surface area contributed by atoms with Crippen LogP contribution in [0.15, 0.2) is 106 Å². The Morgan fingerprint density at radius 3 is 2.26 bits per heavy atom. The number of aliphatic hydroxyl groups is 4. The number of ether oxygens (including phenoxy) is 4. The van der Waals surface area contributed by atoms with Gasteiger partial charge >= 0.3 is 0 Å². The van der Waals surface area contributed by atoms with Crippen LogP contribution in [0.2, 0.25) is 0 Å². The molecule has 0 saturated carbocycles. The number of nitrogens with zero attached hydrogens (tertiary/aromatic N) is 6. The van der Waals surface area contributed by atoms with E-state index in [1.165, 1.54) is 16.8 Å². The van der Waals surface area contributed by atoms with Crippen LogP contribution >= 0.6 is 0 Å². The van der Waals surface area contributed by atoms with E-state index in [1.807, 2.05) is 43.3 Å². The summed E-state index contributed by atoms with van der Waals surface area (Å²) in [6, 6.07) is 23.7. The summed E-state index contributed by atoms with van der Waals surface area (Å²) in [7, 11) is -0.547. The van der Waals surface area contributed by atoms with Gasteiger partial charge in [0.05, 0.1) is 63.5 Å². The minimum absolute atomic E-state index is 0.0338. The Morgan fingerprint density at radius 2 is 1.56 bits per heavy atom. The molecule has 5 aromatic rings. The Labute approximate surface area is 379 Å². The van der Waals surface area contributed by atoms with Crippen molar-refractivity contribution in [1.29, 1.82) is 0 Å². The van der Waals surface area contributed by atoms with Crippen molar-refractivity contribution in [2.24, 2.45) is 10.2 Å². The van der Waals surface area contributed by atoms with Gasteiger partial charge in [0.15, 0.2) is 12.6 Å². The Morgan fingerprint density at radius 1 is 0.864 bits per heavy atom. The number of aliphatic hydroxyl groups excluding tert-OH is 4. The molecule has 66 heavy (non-hydrogen) atoms. The van der Waals surface area contributed by atoms with Crippen molar-refractivity contribution in [2.45, 2.75) is 61.4 Å². The van der Waals surface area contributed by atoms with Crippen LogP contribution in [0.3, 0.4) is 0 Å². The first-order chi connectivity index (χ1) is 31.7. The van der Waals surface area contributed by atoms with Gasteiger partial charge in [0, 0.05) is 54.9 Å². The molecule has 1 unspecified atom stereocenters. The molecule has 1 fully saturated rings. The molecule has 354 valence electrons. The van der Waals surface area contributed by atoms with Crippen LogP contribution in [-0.4, -0.2) is 151 Å². The fraction of sp³-hybridized carbons (Fsp3) is 0.395. The highest BCUT2D eigenvalue weighted by Gasteiger charge is 2.45. The van der Waals surface area contributed by atoms with Crippen LogP contribution < -0.4 is 20.9 Å². The topological polar surface area (TPSA) is 301 Å². The van der Waals surface area contributed by atoms with E-state index in [4.69, 9.17) is 18.9 Å². The van der Waals surface area contributed by atoms with Gasteiger partial charge in [-0.3, -0.25) is 14.1 Å². The van der Waals surface area contributed by atoms with Gasteiger partial charge in [-0.25, -0.2) is 4.68 Å². The molecule has 2 heterocycles. The average Bonchev–Trinajstić information content (AvgIpc) is 3.77. The first kappa shape index (κ1) is 49.4. The lowest BCUT2D eigenvalue weighted by Gasteiger charge is -2.40. The second-order valence-electron chi connectivity index (χ2n) is 15.2. The smallest absolute Gasteiger partial charge is 0.295 e. The second-order valence-corrected chi connectivity index (χ2v) is 16.6. The van der Waals surface area contributed by atoms with Gasteiger partial charge in [-0.2, -0.15) is 18.6 Å². The third-order valence-electron chi connectivity index (χ3n) is 10.2. The molecule has 1 aliphatic heterocycles. The lowest BCUT2D eigenvalue weighted by Crippen LogP contribution is -2.59. The number of rotatable bonds is 23. The quantitative estimate of drug-likeness (QED) is 0.0201. The molecule has 1 aliphatic rings. The summed E-state index contributed by atoms with van der Waals surface area (Å²) in [6.45, 7) is 0.192. The molecule has 0 bridgehead atoms. The van der Waals surface area contributed by atoms with Crippen molar-refractivity contribution in [3.63, 3.8) is 0 Å². The first-order valence-corrected chi connectivity index (χ1v) is 22.3. The highest BCUT2D eigenvalue weighted by Crippen LogP contribution is 2.29. The van der Waals surface area contributed by atoms with Crippen molar-refractivity contribution >= 4 is 55.5 Å². The molecule has 4 aromatic carbocycles. The molecule has 6 rings (SSSR count). The highest BCUT2D eigenvalue weighted by atomic mass is 32.2. The molecular formula is C43H53N9O13S. The number of benzene rings is 4. The number of anilines is 2. The number of azo groups is 1. The zero-order valence-corrected chi connectivity index (χ0v) is 36.9. The van der Waals surface area contributed by atoms with Gasteiger partial charge in [-0.1, -0.05) is 29.5 Å². The van der Waals surface area contributed by atoms with Gasteiger partial charge < -0.3 is 60.2 Å². The predicted molar refractivity (Wildman–Crippen MR) is 238 cm³/mol. The minimum atomic E-state index is -4.46. The van der Waals surface area contributed by atoms with Crippen molar-refractivity contribution in [3.05, 3.63) is 102 Å². The summed E-state index contributed by atoms with van der Waals surface area (Å²) in [5.41, 5.74) is 3.86. The predicted octanol–water partition coefficient (Wildman–Crippen LogP) is 1.88. The fourth-order valence-corrected chi connectivity index (χ4v) is 7.38. The van der Waals surface area contributed by atoms with E-state index in [9.17, 15) is 43.0 Å². The van der Waals surface area contributed by atoms with E-state index < -0.39 is 66.0 Å². The summed E-state index contributed by atoms with van der Waals surface area (Å²) in [6.07, 6.45) is -8.00. The van der Waals surface area contributed by atoms with Gasteiger partial charge in [-0.15, -0.1) is 5.10 Å². The summed E-state index contributed by atoms with van der Waals surface area (Å²) in [5.74, 6) is -0.840. The normalized spacial score (nSPS) is 19.2. The Kier molecular flexibility index (Phi) is 17.6. The molecule has 6 atom stereocenters. The zero-order chi connectivity index (χ0) is 47.2. The average molecular weight is 936 g/mol. The van der Waals surface area contributed by atoms with Crippen molar-refractivity contribution in [2.75, 3.05) is 63.8 Å². The highest BCUT2D eigenvalue weighted by molar-refractivity contribution is 7.86. The first-order valence-electron chi connectivity index (χ1n) is 20.8. The molecule has 1 aromatic heterocycles. The fourth-order valence-electron chi connectivity index (χ4n) is 6.67. The molecule has 2 amide bonds. The van der Waals surface area contributed by atoms with E-state index >= 15 is 0 Å². The molecule has 8 N–H and O–H groups in total. The van der Waals surface area contributed by atoms with Gasteiger partial charge in [0.2, 0.25) is 5.91 Å². The number of nitrogens with one attached hydrogen (secondary N) is 3. The number of fused-ring (bicyclic) bond motifs is 1. The molecule has 1 saturated heterocycles. The lowest BCUT2D eigenvalue weighted by atomic mass is 9.99. The largest absolute Gasteiger partial charge is 0.394 e. The molecule has 0 aliphatic carbocycles. The van der Waals surface area contributed by atoms with Crippen LogP contribution in [0.25, 0.3) is 10.8 Å². The van der Waals surface area contributed by atoms with E-state index in [-0.39, 0.29) is 50.3 Å². The van der Waals surface area contributed by atoms with E-state index in [2.05, 4.69) is 36.5 Å². The molecular weight excluding hydrogens is 883 g/mol. The van der Waals surface area contributed by atoms with Crippen LogP contribution in [0.4, 0.5) is 22.7 Å². The maximum absolute atomic E-state index is 13.0. The van der Waals surface area contributed by atoms with Crippen LogP contribution in [0, 0.1) is 0 Å². The SMILES string of the molecule is CN(C)c1ccc(/N=N/c2ccc(C(=O)NCc3cn(CCOCCOC(CC(=O)NCCNc4cccc5c(S(=O)(=O)O)cccc45)O[C@@H]4O[C@H](CO)[C@@H](O)[C@H](O)[C@H]4O)nn3)cc2)cc1. The number of amides is 2. The monoisotopic (exact) mass is 935 g/mol.